The predicted octanol–water partition coefficient (Wildman–Crippen LogP) is 3.36. The monoisotopic (exact) mass is 250 g/mol. The Hall–Kier alpha value is -1.55. The quantitative estimate of drug-likeness (QED) is 0.888. The minimum atomic E-state index is 0.0568. The van der Waals surface area contributed by atoms with Crippen molar-refractivity contribution in [3.63, 3.8) is 0 Å². The van der Waals surface area contributed by atoms with Crippen molar-refractivity contribution in [3.8, 4) is 17.2 Å². The third kappa shape index (κ3) is 1.89. The largest absolute Gasteiger partial charge is 0.507 e. The molecule has 0 aliphatic heterocycles. The molecule has 1 saturated carbocycles. The average Bonchev–Trinajstić information content (AvgIpc) is 2.64. The second-order valence-corrected chi connectivity index (χ2v) is 4.68. The molecule has 1 aromatic heterocycles. The second-order valence-electron chi connectivity index (χ2n) is 4.25. The molecule has 0 amide bonds. The van der Waals surface area contributed by atoms with Gasteiger partial charge in [0, 0.05) is 10.9 Å². The molecule has 5 heteroatoms. The number of rotatable bonds is 2. The van der Waals surface area contributed by atoms with Gasteiger partial charge in [-0.05, 0) is 31.0 Å². The summed E-state index contributed by atoms with van der Waals surface area (Å²) in [5.74, 6) is 1.56. The molecule has 1 heterocycles. The van der Waals surface area contributed by atoms with E-state index in [-0.39, 0.29) is 5.75 Å². The van der Waals surface area contributed by atoms with E-state index in [1.54, 1.807) is 12.1 Å². The van der Waals surface area contributed by atoms with Gasteiger partial charge in [-0.1, -0.05) is 23.2 Å². The third-order valence-electron chi connectivity index (χ3n) is 3.10. The third-order valence-corrected chi connectivity index (χ3v) is 3.34. The van der Waals surface area contributed by atoms with Crippen LogP contribution in [0.25, 0.3) is 11.5 Å². The lowest BCUT2D eigenvalue weighted by Crippen LogP contribution is -2.10. The maximum absolute atomic E-state index is 9.75. The molecule has 0 saturated heterocycles. The lowest BCUT2D eigenvalue weighted by atomic mass is 9.85. The summed E-state index contributed by atoms with van der Waals surface area (Å²) >= 11 is 5.77. The average molecular weight is 251 g/mol. The molecule has 1 aliphatic carbocycles. The highest BCUT2D eigenvalue weighted by Gasteiger charge is 2.25. The van der Waals surface area contributed by atoms with Crippen molar-refractivity contribution in [1.82, 2.24) is 10.1 Å². The molecular formula is C12H11ClN2O2. The fourth-order valence-electron chi connectivity index (χ4n) is 1.86. The molecule has 1 aliphatic rings. The lowest BCUT2D eigenvalue weighted by molar-refractivity contribution is 0.365. The highest BCUT2D eigenvalue weighted by Crippen LogP contribution is 2.36. The van der Waals surface area contributed by atoms with Crippen molar-refractivity contribution >= 4 is 11.6 Å². The molecule has 4 nitrogen and oxygen atoms in total. The van der Waals surface area contributed by atoms with Gasteiger partial charge in [0.15, 0.2) is 5.82 Å². The number of hydrogen-bond acceptors (Lipinski definition) is 4. The Morgan fingerprint density at radius 3 is 2.82 bits per heavy atom. The summed E-state index contributed by atoms with van der Waals surface area (Å²) in [6.45, 7) is 0. The Morgan fingerprint density at radius 1 is 1.35 bits per heavy atom. The van der Waals surface area contributed by atoms with Gasteiger partial charge in [0.25, 0.3) is 5.89 Å². The fourth-order valence-corrected chi connectivity index (χ4v) is 2.03. The van der Waals surface area contributed by atoms with Gasteiger partial charge in [0.1, 0.15) is 5.75 Å². The van der Waals surface area contributed by atoms with E-state index in [0.717, 1.165) is 18.7 Å². The fraction of sp³-hybridized carbons (Fsp3) is 0.333. The van der Waals surface area contributed by atoms with E-state index < -0.39 is 0 Å². The van der Waals surface area contributed by atoms with Crippen molar-refractivity contribution < 1.29 is 9.63 Å². The first-order valence-corrected chi connectivity index (χ1v) is 5.94. The molecule has 0 atom stereocenters. The van der Waals surface area contributed by atoms with E-state index in [2.05, 4.69) is 10.1 Å². The smallest absolute Gasteiger partial charge is 0.261 e. The highest BCUT2D eigenvalue weighted by molar-refractivity contribution is 6.30. The first-order valence-electron chi connectivity index (χ1n) is 5.56. The van der Waals surface area contributed by atoms with E-state index in [1.807, 2.05) is 0 Å². The van der Waals surface area contributed by atoms with Gasteiger partial charge in [-0.2, -0.15) is 4.98 Å². The molecule has 2 aromatic rings. The number of aromatic hydroxyl groups is 1. The Labute approximate surface area is 103 Å². The summed E-state index contributed by atoms with van der Waals surface area (Å²) in [5.41, 5.74) is 0.521. The zero-order chi connectivity index (χ0) is 11.8. The maximum Gasteiger partial charge on any atom is 0.261 e. The van der Waals surface area contributed by atoms with Crippen LogP contribution in [0.4, 0.5) is 0 Å². The maximum atomic E-state index is 9.75. The van der Waals surface area contributed by atoms with Gasteiger partial charge in [-0.15, -0.1) is 0 Å². The summed E-state index contributed by atoms with van der Waals surface area (Å²) in [6, 6.07) is 4.82. The minimum Gasteiger partial charge on any atom is -0.507 e. The minimum absolute atomic E-state index is 0.0568. The summed E-state index contributed by atoms with van der Waals surface area (Å²) in [6.07, 6.45) is 3.46. The van der Waals surface area contributed by atoms with Crippen molar-refractivity contribution in [2.24, 2.45) is 0 Å². The van der Waals surface area contributed by atoms with Gasteiger partial charge in [0.05, 0.1) is 5.56 Å². The van der Waals surface area contributed by atoms with Crippen LogP contribution < -0.4 is 0 Å². The number of aromatic nitrogens is 2. The van der Waals surface area contributed by atoms with Crippen molar-refractivity contribution in [2.45, 2.75) is 25.2 Å². The second kappa shape index (κ2) is 4.04. The Bertz CT molecular complexity index is 549. The van der Waals surface area contributed by atoms with Crippen LogP contribution in [0.1, 0.15) is 31.0 Å². The van der Waals surface area contributed by atoms with Crippen LogP contribution in [0.3, 0.4) is 0 Å². The van der Waals surface area contributed by atoms with Crippen LogP contribution in [0.15, 0.2) is 22.7 Å². The van der Waals surface area contributed by atoms with Crippen LogP contribution in [0.5, 0.6) is 5.75 Å². The highest BCUT2D eigenvalue weighted by atomic mass is 35.5. The molecule has 0 bridgehead atoms. The van der Waals surface area contributed by atoms with E-state index in [1.165, 1.54) is 12.5 Å². The molecule has 1 N–H and O–H groups in total. The summed E-state index contributed by atoms with van der Waals surface area (Å²) < 4.78 is 5.16. The van der Waals surface area contributed by atoms with E-state index in [4.69, 9.17) is 16.1 Å². The van der Waals surface area contributed by atoms with Crippen molar-refractivity contribution in [1.29, 1.82) is 0 Å². The summed E-state index contributed by atoms with van der Waals surface area (Å²) in [4.78, 5) is 4.31. The molecule has 1 aromatic carbocycles. The molecule has 0 radical (unpaired) electrons. The van der Waals surface area contributed by atoms with Gasteiger partial charge in [-0.3, -0.25) is 0 Å². The van der Waals surface area contributed by atoms with Gasteiger partial charge in [0.2, 0.25) is 0 Å². The van der Waals surface area contributed by atoms with E-state index in [9.17, 15) is 5.11 Å². The first kappa shape index (κ1) is 10.6. The standard InChI is InChI=1S/C12H11ClN2O2/c13-8-4-5-9(10(16)6-8)12-14-11(15-17-12)7-2-1-3-7/h4-7,16H,1-3H2. The molecule has 1 fully saturated rings. The van der Waals surface area contributed by atoms with Crippen molar-refractivity contribution in [2.75, 3.05) is 0 Å². The SMILES string of the molecule is Oc1cc(Cl)ccc1-c1nc(C2CCC2)no1. The summed E-state index contributed by atoms with van der Waals surface area (Å²) in [7, 11) is 0. The van der Waals surface area contributed by atoms with Gasteiger partial charge < -0.3 is 9.63 Å². The van der Waals surface area contributed by atoms with Gasteiger partial charge in [-0.25, -0.2) is 0 Å². The molecule has 3 rings (SSSR count). The first-order chi connectivity index (χ1) is 8.24. The molecular weight excluding hydrogens is 240 g/mol. The number of benzene rings is 1. The molecule has 17 heavy (non-hydrogen) atoms. The molecule has 0 unspecified atom stereocenters. The number of nitrogens with zero attached hydrogens (tertiary/aromatic N) is 2. The van der Waals surface area contributed by atoms with Crippen LogP contribution in [0, 0.1) is 0 Å². The van der Waals surface area contributed by atoms with Crippen LogP contribution in [-0.2, 0) is 0 Å². The lowest BCUT2D eigenvalue weighted by Gasteiger charge is -2.20. The zero-order valence-corrected chi connectivity index (χ0v) is 9.81. The summed E-state index contributed by atoms with van der Waals surface area (Å²) in [5, 5.41) is 14.2. The Morgan fingerprint density at radius 2 is 2.18 bits per heavy atom. The number of phenolic OH excluding ortho intramolecular Hbond substituents is 1. The van der Waals surface area contributed by atoms with Gasteiger partial charge >= 0.3 is 0 Å². The topological polar surface area (TPSA) is 59.2 Å². The normalized spacial score (nSPS) is 15.8. The Balaban J connectivity index is 1.94. The molecule has 88 valence electrons. The van der Waals surface area contributed by atoms with Crippen LogP contribution in [0.2, 0.25) is 5.02 Å². The number of phenols is 1. The number of hydrogen-bond donors (Lipinski definition) is 1. The van der Waals surface area contributed by atoms with E-state index >= 15 is 0 Å². The van der Waals surface area contributed by atoms with Crippen molar-refractivity contribution in [3.05, 3.63) is 29.0 Å². The predicted molar refractivity (Wildman–Crippen MR) is 63.0 cm³/mol. The zero-order valence-electron chi connectivity index (χ0n) is 9.06. The Kier molecular flexibility index (Phi) is 2.52. The number of halogens is 1. The molecule has 0 spiro atoms. The van der Waals surface area contributed by atoms with Crippen LogP contribution in [-0.4, -0.2) is 15.2 Å². The van der Waals surface area contributed by atoms with Crippen LogP contribution >= 0.6 is 11.6 Å². The van der Waals surface area contributed by atoms with E-state index in [0.29, 0.717) is 22.4 Å².